The first-order chi connectivity index (χ1) is 8.33. The van der Waals surface area contributed by atoms with Crippen molar-refractivity contribution >= 4 is 6.03 Å². The third kappa shape index (κ3) is 3.12. The van der Waals surface area contributed by atoms with Crippen molar-refractivity contribution in [3.8, 4) is 0 Å². The maximum Gasteiger partial charge on any atom is 0.320 e. The molecule has 2 amide bonds. The van der Waals surface area contributed by atoms with Gasteiger partial charge in [0.2, 0.25) is 0 Å². The number of carbonyl (C=O) groups excluding carboxylic acids is 1. The Labute approximate surface area is 103 Å². The molecule has 2 aliphatic carbocycles. The molecule has 0 atom stereocenters. The molecule has 0 bridgehead atoms. The van der Waals surface area contributed by atoms with Crippen molar-refractivity contribution in [2.45, 2.75) is 25.7 Å². The van der Waals surface area contributed by atoms with E-state index in [0.717, 1.165) is 38.0 Å². The molecule has 96 valence electrons. The highest BCUT2D eigenvalue weighted by molar-refractivity contribution is 5.74. The van der Waals surface area contributed by atoms with Crippen LogP contribution in [0.15, 0.2) is 0 Å². The maximum atomic E-state index is 12.4. The van der Waals surface area contributed by atoms with E-state index in [1.54, 1.807) is 0 Å². The summed E-state index contributed by atoms with van der Waals surface area (Å²) in [5.74, 6) is 1.58. The predicted octanol–water partition coefficient (Wildman–Crippen LogP) is 1.56. The molecule has 0 aromatic carbocycles. The summed E-state index contributed by atoms with van der Waals surface area (Å²) in [5, 5.41) is 0. The van der Waals surface area contributed by atoms with Crippen LogP contribution >= 0.6 is 0 Å². The van der Waals surface area contributed by atoms with Gasteiger partial charge in [0.25, 0.3) is 0 Å². The molecule has 1 heterocycles. The normalized spacial score (nSPS) is 24.8. The van der Waals surface area contributed by atoms with E-state index in [-0.39, 0.29) is 6.03 Å². The minimum absolute atomic E-state index is 0.257. The largest absolute Gasteiger partial charge is 0.378 e. The predicted molar refractivity (Wildman–Crippen MR) is 64.8 cm³/mol. The second-order valence-electron chi connectivity index (χ2n) is 5.67. The number of ether oxygens (including phenoxy) is 1. The van der Waals surface area contributed by atoms with E-state index in [0.29, 0.717) is 13.2 Å². The third-order valence-electron chi connectivity index (χ3n) is 3.90. The highest BCUT2D eigenvalue weighted by atomic mass is 16.5. The first kappa shape index (κ1) is 11.3. The molecule has 0 unspecified atom stereocenters. The fourth-order valence-electron chi connectivity index (χ4n) is 2.41. The maximum absolute atomic E-state index is 12.4. The molecular weight excluding hydrogens is 216 g/mol. The monoisotopic (exact) mass is 238 g/mol. The van der Waals surface area contributed by atoms with E-state index in [4.69, 9.17) is 4.74 Å². The molecule has 4 nitrogen and oxygen atoms in total. The van der Waals surface area contributed by atoms with E-state index in [9.17, 15) is 4.79 Å². The first-order valence-electron chi connectivity index (χ1n) is 6.94. The lowest BCUT2D eigenvalue weighted by molar-refractivity contribution is 0.0425. The van der Waals surface area contributed by atoms with Crippen LogP contribution < -0.4 is 0 Å². The Hall–Kier alpha value is -0.770. The Morgan fingerprint density at radius 1 is 1.06 bits per heavy atom. The quantitative estimate of drug-likeness (QED) is 0.744. The average Bonchev–Trinajstić information content (AvgIpc) is 3.23. The van der Waals surface area contributed by atoms with Crippen LogP contribution in [0, 0.1) is 11.8 Å². The number of carbonyl (C=O) groups is 1. The van der Waals surface area contributed by atoms with Gasteiger partial charge in [0.15, 0.2) is 0 Å². The lowest BCUT2D eigenvalue weighted by Gasteiger charge is -2.33. The number of hydrogen-bond donors (Lipinski definition) is 0. The molecule has 4 heteroatoms. The Bertz CT molecular complexity index is 267. The number of rotatable bonds is 4. The summed E-state index contributed by atoms with van der Waals surface area (Å²) in [5.41, 5.74) is 0. The molecular formula is C13H22N2O2. The molecule has 0 radical (unpaired) electrons. The van der Waals surface area contributed by atoms with E-state index < -0.39 is 0 Å². The minimum Gasteiger partial charge on any atom is -0.378 e. The second-order valence-corrected chi connectivity index (χ2v) is 5.67. The number of urea groups is 1. The van der Waals surface area contributed by atoms with E-state index in [1.165, 1.54) is 25.7 Å². The number of hydrogen-bond acceptors (Lipinski definition) is 2. The average molecular weight is 238 g/mol. The summed E-state index contributed by atoms with van der Waals surface area (Å²) >= 11 is 0. The van der Waals surface area contributed by atoms with Crippen LogP contribution in [-0.2, 0) is 4.74 Å². The molecule has 0 spiro atoms. The Morgan fingerprint density at radius 3 is 2.06 bits per heavy atom. The molecule has 3 aliphatic rings. The third-order valence-corrected chi connectivity index (χ3v) is 3.90. The van der Waals surface area contributed by atoms with Gasteiger partial charge in [-0.2, -0.15) is 0 Å². The smallest absolute Gasteiger partial charge is 0.320 e. The van der Waals surface area contributed by atoms with Gasteiger partial charge in [-0.15, -0.1) is 0 Å². The summed E-state index contributed by atoms with van der Waals surface area (Å²) < 4.78 is 5.30. The number of nitrogens with zero attached hydrogens (tertiary/aromatic N) is 2. The topological polar surface area (TPSA) is 32.8 Å². The summed E-state index contributed by atoms with van der Waals surface area (Å²) in [4.78, 5) is 16.5. The lowest BCUT2D eigenvalue weighted by atomic mass is 10.3. The molecule has 17 heavy (non-hydrogen) atoms. The van der Waals surface area contributed by atoms with Crippen molar-refractivity contribution in [3.63, 3.8) is 0 Å². The SMILES string of the molecule is O=C(N1CCOCC1)N(CC1CC1)CC1CC1. The van der Waals surface area contributed by atoms with Crippen molar-refractivity contribution in [3.05, 3.63) is 0 Å². The van der Waals surface area contributed by atoms with E-state index in [1.807, 2.05) is 4.90 Å². The lowest BCUT2D eigenvalue weighted by Crippen LogP contribution is -2.49. The highest BCUT2D eigenvalue weighted by Crippen LogP contribution is 2.34. The Balaban J connectivity index is 1.56. The van der Waals surface area contributed by atoms with Gasteiger partial charge in [-0.3, -0.25) is 0 Å². The van der Waals surface area contributed by atoms with Gasteiger partial charge >= 0.3 is 6.03 Å². The Kier molecular flexibility index (Phi) is 3.23. The zero-order valence-electron chi connectivity index (χ0n) is 10.4. The van der Waals surface area contributed by atoms with Gasteiger partial charge < -0.3 is 14.5 Å². The standard InChI is InChI=1S/C13H22N2O2/c16-13(14-5-7-17-8-6-14)15(9-11-1-2-11)10-12-3-4-12/h11-12H,1-10H2. The van der Waals surface area contributed by atoms with Crippen molar-refractivity contribution in [1.29, 1.82) is 0 Å². The van der Waals surface area contributed by atoms with E-state index >= 15 is 0 Å². The molecule has 1 aliphatic heterocycles. The van der Waals surface area contributed by atoms with Crippen LogP contribution in [0.2, 0.25) is 0 Å². The van der Waals surface area contributed by atoms with Crippen LogP contribution in [0.4, 0.5) is 4.79 Å². The van der Waals surface area contributed by atoms with Gasteiger partial charge in [0.1, 0.15) is 0 Å². The molecule has 0 aromatic heterocycles. The fraction of sp³-hybridized carbons (Fsp3) is 0.923. The van der Waals surface area contributed by atoms with Crippen LogP contribution in [0.25, 0.3) is 0 Å². The van der Waals surface area contributed by atoms with Crippen LogP contribution in [0.1, 0.15) is 25.7 Å². The van der Waals surface area contributed by atoms with E-state index in [2.05, 4.69) is 4.90 Å². The molecule has 3 fully saturated rings. The van der Waals surface area contributed by atoms with Gasteiger partial charge in [-0.1, -0.05) is 0 Å². The van der Waals surface area contributed by atoms with Gasteiger partial charge in [-0.25, -0.2) is 4.79 Å². The zero-order chi connectivity index (χ0) is 11.7. The summed E-state index contributed by atoms with van der Waals surface area (Å²) in [7, 11) is 0. The van der Waals surface area contributed by atoms with Crippen LogP contribution in [-0.4, -0.2) is 55.2 Å². The van der Waals surface area contributed by atoms with Crippen molar-refractivity contribution in [1.82, 2.24) is 9.80 Å². The van der Waals surface area contributed by atoms with Gasteiger partial charge in [0, 0.05) is 26.2 Å². The van der Waals surface area contributed by atoms with Crippen LogP contribution in [0.5, 0.6) is 0 Å². The molecule has 1 saturated heterocycles. The van der Waals surface area contributed by atoms with Crippen molar-refractivity contribution in [2.75, 3.05) is 39.4 Å². The van der Waals surface area contributed by atoms with Crippen LogP contribution in [0.3, 0.4) is 0 Å². The molecule has 0 N–H and O–H groups in total. The first-order valence-corrected chi connectivity index (χ1v) is 6.94. The fourth-order valence-corrected chi connectivity index (χ4v) is 2.41. The summed E-state index contributed by atoms with van der Waals surface area (Å²) in [6.45, 7) is 4.92. The minimum atomic E-state index is 0.257. The van der Waals surface area contributed by atoms with Gasteiger partial charge in [0.05, 0.1) is 13.2 Å². The molecule has 0 aromatic rings. The van der Waals surface area contributed by atoms with Gasteiger partial charge in [-0.05, 0) is 37.5 Å². The Morgan fingerprint density at radius 2 is 1.59 bits per heavy atom. The zero-order valence-corrected chi connectivity index (χ0v) is 10.4. The van der Waals surface area contributed by atoms with Crippen molar-refractivity contribution < 1.29 is 9.53 Å². The second kappa shape index (κ2) is 4.84. The summed E-state index contributed by atoms with van der Waals surface area (Å²) in [6, 6.07) is 0.257. The summed E-state index contributed by atoms with van der Waals surface area (Å²) in [6.07, 6.45) is 5.27. The molecule has 2 saturated carbocycles. The highest BCUT2D eigenvalue weighted by Gasteiger charge is 2.33. The molecule has 3 rings (SSSR count). The number of amides is 2. The van der Waals surface area contributed by atoms with Crippen molar-refractivity contribution in [2.24, 2.45) is 11.8 Å². The number of morpholine rings is 1.